The van der Waals surface area contributed by atoms with Crippen molar-refractivity contribution < 1.29 is 4.79 Å². The van der Waals surface area contributed by atoms with E-state index in [-0.39, 0.29) is 23.8 Å². The van der Waals surface area contributed by atoms with Gasteiger partial charge >= 0.3 is 0 Å². The van der Waals surface area contributed by atoms with Crippen molar-refractivity contribution in [1.29, 1.82) is 0 Å². The first-order chi connectivity index (χ1) is 12.5. The Morgan fingerprint density at radius 1 is 1.19 bits per heavy atom. The first-order valence-corrected chi connectivity index (χ1v) is 9.43. The second-order valence-corrected chi connectivity index (χ2v) is 7.72. The molecule has 136 valence electrons. The van der Waals surface area contributed by atoms with Gasteiger partial charge in [-0.3, -0.25) is 14.6 Å². The van der Waals surface area contributed by atoms with Gasteiger partial charge in [0.25, 0.3) is 5.56 Å². The molecule has 4 rings (SSSR count). The van der Waals surface area contributed by atoms with E-state index in [1.54, 1.807) is 0 Å². The number of hydrogen-bond acceptors (Lipinski definition) is 5. The minimum atomic E-state index is -0.297. The Labute approximate surface area is 159 Å². The van der Waals surface area contributed by atoms with Crippen molar-refractivity contribution in [3.8, 4) is 0 Å². The second-order valence-electron chi connectivity index (χ2n) is 6.80. The number of halogens is 1. The number of aromatic amines is 1. The maximum absolute atomic E-state index is 12.9. The molecular weight excluding hydrogens is 398 g/mol. The van der Waals surface area contributed by atoms with Crippen molar-refractivity contribution in [1.82, 2.24) is 14.9 Å². The highest BCUT2D eigenvalue weighted by Crippen LogP contribution is 2.35. The Bertz CT molecular complexity index is 905. The Balaban J connectivity index is 1.74. The summed E-state index contributed by atoms with van der Waals surface area (Å²) < 4.78 is 0.918. The van der Waals surface area contributed by atoms with Crippen molar-refractivity contribution >= 4 is 33.6 Å². The van der Waals surface area contributed by atoms with Crippen LogP contribution in [0.5, 0.6) is 0 Å². The van der Waals surface area contributed by atoms with E-state index in [1.165, 1.54) is 0 Å². The lowest BCUT2D eigenvalue weighted by Gasteiger charge is -2.33. The monoisotopic (exact) mass is 417 g/mol. The molecular formula is C18H20BrN5O2. The molecule has 1 aromatic carbocycles. The van der Waals surface area contributed by atoms with E-state index in [4.69, 9.17) is 0 Å². The molecule has 2 aliphatic heterocycles. The third-order valence-electron chi connectivity index (χ3n) is 4.99. The number of amides is 1. The molecule has 2 aliphatic rings. The summed E-state index contributed by atoms with van der Waals surface area (Å²) in [5, 5.41) is 2.78. The minimum absolute atomic E-state index is 0.120. The lowest BCUT2D eigenvalue weighted by Crippen LogP contribution is -2.46. The van der Waals surface area contributed by atoms with Gasteiger partial charge in [-0.15, -0.1) is 0 Å². The van der Waals surface area contributed by atoms with Crippen LogP contribution in [0.25, 0.3) is 0 Å². The number of fused-ring (bicyclic) bond motifs is 1. The van der Waals surface area contributed by atoms with Crippen molar-refractivity contribution in [2.45, 2.75) is 12.3 Å². The average Bonchev–Trinajstić information content (AvgIpc) is 2.61. The van der Waals surface area contributed by atoms with Gasteiger partial charge in [-0.25, -0.2) is 0 Å². The van der Waals surface area contributed by atoms with Crippen LogP contribution in [0.15, 0.2) is 33.5 Å². The first kappa shape index (κ1) is 17.2. The Hall–Kier alpha value is -2.19. The normalized spacial score (nSPS) is 20.6. The van der Waals surface area contributed by atoms with Crippen LogP contribution in [0.4, 0.5) is 11.8 Å². The number of benzene rings is 1. The minimum Gasteiger partial charge on any atom is -0.340 e. The predicted octanol–water partition coefficient (Wildman–Crippen LogP) is 1.76. The van der Waals surface area contributed by atoms with Crippen LogP contribution in [-0.4, -0.2) is 54.0 Å². The summed E-state index contributed by atoms with van der Waals surface area (Å²) in [4.78, 5) is 36.9. The van der Waals surface area contributed by atoms with Gasteiger partial charge in [-0.1, -0.05) is 28.1 Å². The lowest BCUT2D eigenvalue weighted by atomic mass is 9.87. The topological polar surface area (TPSA) is 81.3 Å². The van der Waals surface area contributed by atoms with Crippen LogP contribution in [0, 0.1) is 0 Å². The number of piperazine rings is 1. The number of anilines is 2. The molecule has 1 saturated heterocycles. The molecule has 0 saturated carbocycles. The average molecular weight is 418 g/mol. The number of nitrogens with one attached hydrogen (secondary N) is 2. The summed E-state index contributed by atoms with van der Waals surface area (Å²) in [7, 11) is 2.07. The third kappa shape index (κ3) is 3.26. The molecule has 0 radical (unpaired) electrons. The SMILES string of the molecule is CN1CCN(c2nc3c(c(=O)[nH]2)C(c2cccc(Br)c2)CC(=O)N3)CC1. The van der Waals surface area contributed by atoms with E-state index in [2.05, 4.69) is 48.1 Å². The molecule has 1 unspecified atom stereocenters. The molecule has 2 aromatic rings. The summed E-state index contributed by atoms with van der Waals surface area (Å²) >= 11 is 3.46. The molecule has 0 spiro atoms. The van der Waals surface area contributed by atoms with Crippen molar-refractivity contribution in [2.75, 3.05) is 43.4 Å². The quantitative estimate of drug-likeness (QED) is 0.777. The number of aromatic nitrogens is 2. The zero-order chi connectivity index (χ0) is 18.3. The number of rotatable bonds is 2. The highest BCUT2D eigenvalue weighted by molar-refractivity contribution is 9.10. The highest BCUT2D eigenvalue weighted by Gasteiger charge is 2.31. The summed E-state index contributed by atoms with van der Waals surface area (Å²) in [6, 6.07) is 7.71. The van der Waals surface area contributed by atoms with Gasteiger partial charge in [-0.05, 0) is 24.7 Å². The maximum Gasteiger partial charge on any atom is 0.258 e. The Morgan fingerprint density at radius 2 is 1.96 bits per heavy atom. The molecule has 8 heteroatoms. The second kappa shape index (κ2) is 6.85. The van der Waals surface area contributed by atoms with Crippen molar-refractivity contribution in [2.24, 2.45) is 0 Å². The zero-order valence-corrected chi connectivity index (χ0v) is 16.0. The van der Waals surface area contributed by atoms with Crippen LogP contribution >= 0.6 is 15.9 Å². The van der Waals surface area contributed by atoms with Gasteiger partial charge < -0.3 is 15.1 Å². The molecule has 1 amide bonds. The maximum atomic E-state index is 12.9. The zero-order valence-electron chi connectivity index (χ0n) is 14.5. The number of carbonyl (C=O) groups is 1. The Kier molecular flexibility index (Phi) is 4.54. The molecule has 2 N–H and O–H groups in total. The predicted molar refractivity (Wildman–Crippen MR) is 104 cm³/mol. The lowest BCUT2D eigenvalue weighted by molar-refractivity contribution is -0.116. The van der Waals surface area contributed by atoms with Crippen molar-refractivity contribution in [3.63, 3.8) is 0 Å². The first-order valence-electron chi connectivity index (χ1n) is 8.64. The van der Waals surface area contributed by atoms with E-state index >= 15 is 0 Å². The van der Waals surface area contributed by atoms with Gasteiger partial charge in [0.05, 0.1) is 5.56 Å². The van der Waals surface area contributed by atoms with Crippen LogP contribution in [0.2, 0.25) is 0 Å². The van der Waals surface area contributed by atoms with Crippen LogP contribution in [0.3, 0.4) is 0 Å². The Morgan fingerprint density at radius 3 is 2.69 bits per heavy atom. The van der Waals surface area contributed by atoms with Gasteiger partial charge in [0.15, 0.2) is 0 Å². The van der Waals surface area contributed by atoms with Gasteiger partial charge in [-0.2, -0.15) is 4.98 Å². The van der Waals surface area contributed by atoms with E-state index in [0.29, 0.717) is 17.3 Å². The highest BCUT2D eigenvalue weighted by atomic mass is 79.9. The largest absolute Gasteiger partial charge is 0.340 e. The summed E-state index contributed by atoms with van der Waals surface area (Å²) in [5.74, 6) is 0.486. The number of nitrogens with zero attached hydrogens (tertiary/aromatic N) is 3. The van der Waals surface area contributed by atoms with E-state index in [9.17, 15) is 9.59 Å². The summed E-state index contributed by atoms with van der Waals surface area (Å²) in [5.41, 5.74) is 1.27. The molecule has 1 atom stereocenters. The molecule has 1 fully saturated rings. The van der Waals surface area contributed by atoms with Crippen LogP contribution < -0.4 is 15.8 Å². The number of carbonyl (C=O) groups excluding carboxylic acids is 1. The number of likely N-dealkylation sites (N-methyl/N-ethyl adjacent to an activating group) is 1. The smallest absolute Gasteiger partial charge is 0.258 e. The van der Waals surface area contributed by atoms with Crippen LogP contribution in [0.1, 0.15) is 23.5 Å². The van der Waals surface area contributed by atoms with Gasteiger partial charge in [0.2, 0.25) is 11.9 Å². The van der Waals surface area contributed by atoms with Gasteiger partial charge in [0, 0.05) is 43.0 Å². The summed E-state index contributed by atoms with van der Waals surface area (Å²) in [6.45, 7) is 3.41. The number of hydrogen-bond donors (Lipinski definition) is 2. The molecule has 0 bridgehead atoms. The molecule has 3 heterocycles. The fourth-order valence-corrected chi connectivity index (χ4v) is 3.95. The third-order valence-corrected chi connectivity index (χ3v) is 5.49. The van der Waals surface area contributed by atoms with E-state index in [0.717, 1.165) is 36.2 Å². The standard InChI is InChI=1S/C18H20BrN5O2/c1-23-5-7-24(8-6-23)18-21-16-15(17(26)22-18)13(10-14(25)20-16)11-3-2-4-12(19)9-11/h2-4,9,13H,5-8,10H2,1H3,(H2,20,21,22,25,26). The van der Waals surface area contributed by atoms with Crippen molar-refractivity contribution in [3.05, 3.63) is 50.2 Å². The molecule has 0 aliphatic carbocycles. The summed E-state index contributed by atoms with van der Waals surface area (Å²) in [6.07, 6.45) is 0.238. The fourth-order valence-electron chi connectivity index (χ4n) is 3.54. The van der Waals surface area contributed by atoms with Crippen LogP contribution in [-0.2, 0) is 4.79 Å². The molecule has 1 aromatic heterocycles. The molecule has 26 heavy (non-hydrogen) atoms. The van der Waals surface area contributed by atoms with Gasteiger partial charge in [0.1, 0.15) is 5.82 Å². The van der Waals surface area contributed by atoms with E-state index in [1.807, 2.05) is 24.3 Å². The fraction of sp³-hybridized carbons (Fsp3) is 0.389. The van der Waals surface area contributed by atoms with E-state index < -0.39 is 0 Å². The molecule has 7 nitrogen and oxygen atoms in total. The number of H-pyrrole nitrogens is 1.